The Kier molecular flexibility index (Phi) is 4.75. The van der Waals surface area contributed by atoms with Crippen LogP contribution < -0.4 is 5.32 Å². The highest BCUT2D eigenvalue weighted by atomic mass is 16.3. The Hall–Kier alpha value is -2.31. The average Bonchev–Trinajstić information content (AvgIpc) is 2.50. The largest absolute Gasteiger partial charge is 0.508 e. The summed E-state index contributed by atoms with van der Waals surface area (Å²) in [6.45, 7) is 2.79. The zero-order valence-corrected chi connectivity index (χ0v) is 11.5. The number of nitriles is 1. The summed E-state index contributed by atoms with van der Waals surface area (Å²) in [6, 6.07) is 17.2. The lowest BCUT2D eigenvalue weighted by molar-refractivity contribution is 0.441. The molecule has 1 unspecified atom stereocenters. The summed E-state index contributed by atoms with van der Waals surface area (Å²) in [5.41, 5.74) is 2.71. The van der Waals surface area contributed by atoms with Crippen LogP contribution in [0.15, 0.2) is 48.5 Å². The van der Waals surface area contributed by atoms with Gasteiger partial charge in [-0.15, -0.1) is 0 Å². The third-order valence-corrected chi connectivity index (χ3v) is 3.36. The number of phenols is 1. The van der Waals surface area contributed by atoms with E-state index in [4.69, 9.17) is 5.26 Å². The van der Waals surface area contributed by atoms with Crippen LogP contribution in [0.3, 0.4) is 0 Å². The summed E-state index contributed by atoms with van der Waals surface area (Å²) in [4.78, 5) is 0. The summed E-state index contributed by atoms with van der Waals surface area (Å²) in [5.74, 6) is 0.326. The molecule has 0 spiro atoms. The molecule has 0 saturated carbocycles. The minimum Gasteiger partial charge on any atom is -0.508 e. The molecular formula is C17H18N2O. The van der Waals surface area contributed by atoms with E-state index in [-0.39, 0.29) is 6.04 Å². The van der Waals surface area contributed by atoms with E-state index in [0.717, 1.165) is 17.5 Å². The van der Waals surface area contributed by atoms with E-state index >= 15 is 0 Å². The summed E-state index contributed by atoms with van der Waals surface area (Å²) in [5, 5.41) is 22.1. The van der Waals surface area contributed by atoms with Crippen molar-refractivity contribution in [2.75, 3.05) is 0 Å². The smallest absolute Gasteiger partial charge is 0.120 e. The Bertz CT molecular complexity index is 599. The van der Waals surface area contributed by atoms with Crippen molar-refractivity contribution in [1.82, 2.24) is 5.32 Å². The van der Waals surface area contributed by atoms with Gasteiger partial charge in [0.2, 0.25) is 0 Å². The van der Waals surface area contributed by atoms with Gasteiger partial charge in [-0.2, -0.15) is 5.26 Å². The highest BCUT2D eigenvalue weighted by Crippen LogP contribution is 2.26. The zero-order chi connectivity index (χ0) is 14.4. The third kappa shape index (κ3) is 3.37. The van der Waals surface area contributed by atoms with Crippen molar-refractivity contribution in [3.8, 4) is 11.8 Å². The molecule has 0 amide bonds. The normalized spacial score (nSPS) is 11.8. The first kappa shape index (κ1) is 14.1. The molecule has 2 aromatic carbocycles. The fourth-order valence-electron chi connectivity index (χ4n) is 2.19. The van der Waals surface area contributed by atoms with Crippen LogP contribution in [0.2, 0.25) is 0 Å². The topological polar surface area (TPSA) is 56.0 Å². The molecule has 0 aliphatic heterocycles. The second-order valence-electron chi connectivity index (χ2n) is 4.71. The first-order valence-electron chi connectivity index (χ1n) is 6.75. The molecule has 2 aromatic rings. The molecule has 3 heteroatoms. The predicted molar refractivity (Wildman–Crippen MR) is 79.1 cm³/mol. The van der Waals surface area contributed by atoms with Crippen molar-refractivity contribution in [2.24, 2.45) is 0 Å². The summed E-state index contributed by atoms with van der Waals surface area (Å²) in [6.07, 6.45) is 0.897. The second-order valence-corrected chi connectivity index (χ2v) is 4.71. The molecule has 0 fully saturated rings. The Balaban J connectivity index is 2.04. The van der Waals surface area contributed by atoms with E-state index in [2.05, 4.69) is 18.3 Å². The summed E-state index contributed by atoms with van der Waals surface area (Å²) >= 11 is 0. The minimum absolute atomic E-state index is 0.117. The molecule has 102 valence electrons. The standard InChI is InChI=1S/C17H18N2O/c1-2-16(15-5-3-4-6-17(15)20)19-12-14-9-7-13(11-18)8-10-14/h3-10,16,19-20H,2,12H2,1H3. The van der Waals surface area contributed by atoms with E-state index in [0.29, 0.717) is 17.9 Å². The molecule has 1 atom stereocenters. The molecule has 3 nitrogen and oxygen atoms in total. The van der Waals surface area contributed by atoms with Gasteiger partial charge in [0.1, 0.15) is 5.75 Å². The molecule has 0 radical (unpaired) electrons. The number of rotatable bonds is 5. The second kappa shape index (κ2) is 6.74. The Morgan fingerprint density at radius 3 is 2.45 bits per heavy atom. The van der Waals surface area contributed by atoms with Gasteiger partial charge in [-0.05, 0) is 30.2 Å². The SMILES string of the molecule is CCC(NCc1ccc(C#N)cc1)c1ccccc1O. The zero-order valence-electron chi connectivity index (χ0n) is 11.5. The lowest BCUT2D eigenvalue weighted by atomic mass is 10.0. The van der Waals surface area contributed by atoms with Gasteiger partial charge in [0.15, 0.2) is 0 Å². The van der Waals surface area contributed by atoms with Gasteiger partial charge < -0.3 is 10.4 Å². The van der Waals surface area contributed by atoms with Crippen LogP contribution in [0.1, 0.15) is 36.1 Å². The quantitative estimate of drug-likeness (QED) is 0.870. The van der Waals surface area contributed by atoms with Crippen molar-refractivity contribution < 1.29 is 5.11 Å². The number of nitrogens with one attached hydrogen (secondary N) is 1. The monoisotopic (exact) mass is 266 g/mol. The Morgan fingerprint density at radius 2 is 1.85 bits per heavy atom. The van der Waals surface area contributed by atoms with E-state index in [1.54, 1.807) is 6.07 Å². The van der Waals surface area contributed by atoms with E-state index in [1.807, 2.05) is 42.5 Å². The van der Waals surface area contributed by atoms with Gasteiger partial charge in [0.05, 0.1) is 11.6 Å². The number of para-hydroxylation sites is 1. The first-order valence-corrected chi connectivity index (χ1v) is 6.75. The maximum Gasteiger partial charge on any atom is 0.120 e. The molecular weight excluding hydrogens is 248 g/mol. The van der Waals surface area contributed by atoms with Gasteiger partial charge in [0, 0.05) is 18.2 Å². The maximum absolute atomic E-state index is 9.90. The number of benzene rings is 2. The number of hydrogen-bond donors (Lipinski definition) is 2. The Morgan fingerprint density at radius 1 is 1.15 bits per heavy atom. The molecule has 0 heterocycles. The van der Waals surface area contributed by atoms with E-state index in [9.17, 15) is 5.11 Å². The van der Waals surface area contributed by atoms with Crippen LogP contribution in [0.5, 0.6) is 5.75 Å². The van der Waals surface area contributed by atoms with Gasteiger partial charge in [0.25, 0.3) is 0 Å². The van der Waals surface area contributed by atoms with Crippen LogP contribution in [-0.2, 0) is 6.54 Å². The van der Waals surface area contributed by atoms with Crippen molar-refractivity contribution >= 4 is 0 Å². The minimum atomic E-state index is 0.117. The Labute approximate surface area is 119 Å². The van der Waals surface area contributed by atoms with Crippen LogP contribution >= 0.6 is 0 Å². The highest BCUT2D eigenvalue weighted by molar-refractivity contribution is 5.35. The molecule has 20 heavy (non-hydrogen) atoms. The van der Waals surface area contributed by atoms with Crippen molar-refractivity contribution in [2.45, 2.75) is 25.9 Å². The van der Waals surface area contributed by atoms with Crippen LogP contribution in [0.4, 0.5) is 0 Å². The lowest BCUT2D eigenvalue weighted by Gasteiger charge is -2.18. The van der Waals surface area contributed by atoms with Crippen LogP contribution in [0.25, 0.3) is 0 Å². The molecule has 0 aromatic heterocycles. The fourth-order valence-corrected chi connectivity index (χ4v) is 2.19. The van der Waals surface area contributed by atoms with Crippen molar-refractivity contribution in [3.63, 3.8) is 0 Å². The number of nitrogens with zero attached hydrogens (tertiary/aromatic N) is 1. The molecule has 2 rings (SSSR count). The molecule has 0 aliphatic carbocycles. The van der Waals surface area contributed by atoms with E-state index < -0.39 is 0 Å². The first-order chi connectivity index (χ1) is 9.74. The number of hydrogen-bond acceptors (Lipinski definition) is 3. The van der Waals surface area contributed by atoms with Crippen molar-refractivity contribution in [1.29, 1.82) is 5.26 Å². The average molecular weight is 266 g/mol. The van der Waals surface area contributed by atoms with Crippen LogP contribution in [0, 0.1) is 11.3 Å². The van der Waals surface area contributed by atoms with Gasteiger partial charge in [-0.3, -0.25) is 0 Å². The van der Waals surface area contributed by atoms with Gasteiger partial charge in [-0.25, -0.2) is 0 Å². The molecule has 0 bridgehead atoms. The number of phenolic OH excluding ortho intramolecular Hbond substituents is 1. The summed E-state index contributed by atoms with van der Waals surface area (Å²) < 4.78 is 0. The van der Waals surface area contributed by atoms with Gasteiger partial charge in [-0.1, -0.05) is 37.3 Å². The van der Waals surface area contributed by atoms with Crippen molar-refractivity contribution in [3.05, 3.63) is 65.2 Å². The predicted octanol–water partition coefficient (Wildman–Crippen LogP) is 3.50. The number of aromatic hydroxyl groups is 1. The van der Waals surface area contributed by atoms with Crippen LogP contribution in [-0.4, -0.2) is 5.11 Å². The van der Waals surface area contributed by atoms with E-state index in [1.165, 1.54) is 0 Å². The fraction of sp³-hybridized carbons (Fsp3) is 0.235. The van der Waals surface area contributed by atoms with Gasteiger partial charge >= 0.3 is 0 Å². The molecule has 0 saturated heterocycles. The lowest BCUT2D eigenvalue weighted by Crippen LogP contribution is -2.20. The summed E-state index contributed by atoms with van der Waals surface area (Å²) in [7, 11) is 0. The molecule has 2 N–H and O–H groups in total. The molecule has 0 aliphatic rings. The third-order valence-electron chi connectivity index (χ3n) is 3.36. The highest BCUT2D eigenvalue weighted by Gasteiger charge is 2.12. The maximum atomic E-state index is 9.90.